The summed E-state index contributed by atoms with van der Waals surface area (Å²) in [6.45, 7) is 4.78. The fourth-order valence-electron chi connectivity index (χ4n) is 12.4. The van der Waals surface area contributed by atoms with Gasteiger partial charge in [0, 0.05) is 16.2 Å². The van der Waals surface area contributed by atoms with Gasteiger partial charge in [0.1, 0.15) is 11.2 Å². The molecule has 2 heteroatoms. The van der Waals surface area contributed by atoms with Crippen LogP contribution in [0.3, 0.4) is 0 Å². The predicted octanol–water partition coefficient (Wildman–Crippen LogP) is 15.7. The van der Waals surface area contributed by atoms with Crippen molar-refractivity contribution in [3.05, 3.63) is 266 Å². The fraction of sp³-hybridized carbons (Fsp3) is 0.0435. The van der Waals surface area contributed by atoms with E-state index in [2.05, 4.69) is 269 Å². The molecule has 1 nitrogen and oxygen atoms in total. The molecule has 14 rings (SSSR count). The average molecular weight is 921 g/mol. The van der Waals surface area contributed by atoms with Gasteiger partial charge in [0.05, 0.1) is 0 Å². The monoisotopic (exact) mass is 920 g/mol. The topological polar surface area (TPSA) is 13.1 Å². The first kappa shape index (κ1) is 41.4. The Morgan fingerprint density at radius 3 is 1.38 bits per heavy atom. The standard InChI is InChI=1S/C69H48OSi/c1-69(2)63-43-49(33-36-55(63)61-40-46-19-12-13-20-47(46)42-64(61)69)67-57-29-14-16-31-59(57)68(60-32-17-15-30-58(60)67)50-34-37-56-62-41-48(35-38-65(62)70-66(56)44-50)45-21-18-28-54(39-45)71(51-22-6-3-7-23-51,52-24-8-4-9-25-52)53-26-10-5-11-27-53/h3-44H,1-2H3. The molecule has 0 N–H and O–H groups in total. The minimum absolute atomic E-state index is 0.135. The molecular weight excluding hydrogens is 873 g/mol. The molecule has 1 heterocycles. The van der Waals surface area contributed by atoms with Crippen LogP contribution < -0.4 is 20.7 Å². The van der Waals surface area contributed by atoms with E-state index in [1.165, 1.54) is 103 Å². The summed E-state index contributed by atoms with van der Waals surface area (Å²) in [5, 5.41) is 15.2. The van der Waals surface area contributed by atoms with Crippen molar-refractivity contribution in [1.82, 2.24) is 0 Å². The van der Waals surface area contributed by atoms with E-state index >= 15 is 0 Å². The molecule has 0 aliphatic heterocycles. The quantitative estimate of drug-likeness (QED) is 0.0882. The van der Waals surface area contributed by atoms with E-state index in [1.807, 2.05) is 0 Å². The molecule has 71 heavy (non-hydrogen) atoms. The molecular formula is C69H48OSi. The van der Waals surface area contributed by atoms with Crippen molar-refractivity contribution in [2.24, 2.45) is 0 Å². The summed E-state index contributed by atoms with van der Waals surface area (Å²) in [5.41, 5.74) is 14.4. The summed E-state index contributed by atoms with van der Waals surface area (Å²) in [4.78, 5) is 0. The number of hydrogen-bond acceptors (Lipinski definition) is 1. The second kappa shape index (κ2) is 16.0. The lowest BCUT2D eigenvalue weighted by molar-refractivity contribution is 0.661. The lowest BCUT2D eigenvalue weighted by Gasteiger charge is -2.34. The SMILES string of the molecule is CC1(C)c2cc(-c3c4ccccc4c(-c4ccc5c(c4)oc4ccc(-c6cccc([Si](c7ccccc7)(c7ccccc7)c7ccccc7)c6)cc45)c4ccccc34)ccc2-c2cc3ccccc3cc21. The van der Waals surface area contributed by atoms with E-state index in [1.54, 1.807) is 0 Å². The highest BCUT2D eigenvalue weighted by Gasteiger charge is 2.41. The summed E-state index contributed by atoms with van der Waals surface area (Å²) in [7, 11) is -2.70. The van der Waals surface area contributed by atoms with Gasteiger partial charge in [-0.1, -0.05) is 226 Å². The molecule has 0 spiro atoms. The Balaban J connectivity index is 0.887. The second-order valence-corrected chi connectivity index (χ2v) is 23.7. The molecule has 0 fully saturated rings. The second-order valence-electron chi connectivity index (χ2n) is 19.9. The number of rotatable bonds is 7. The normalized spacial score (nSPS) is 13.0. The Bertz CT molecular complexity index is 4090. The van der Waals surface area contributed by atoms with Crippen LogP contribution in [0.25, 0.3) is 98.8 Å². The molecule has 0 saturated heterocycles. The van der Waals surface area contributed by atoms with E-state index < -0.39 is 8.07 Å². The summed E-state index contributed by atoms with van der Waals surface area (Å²) in [5.74, 6) is 0. The highest BCUT2D eigenvalue weighted by Crippen LogP contribution is 2.52. The van der Waals surface area contributed by atoms with Gasteiger partial charge in [-0.15, -0.1) is 0 Å². The van der Waals surface area contributed by atoms with E-state index in [9.17, 15) is 0 Å². The zero-order chi connectivity index (χ0) is 47.3. The number of furan rings is 1. The van der Waals surface area contributed by atoms with E-state index in [4.69, 9.17) is 4.42 Å². The highest BCUT2D eigenvalue weighted by molar-refractivity contribution is 7.19. The smallest absolute Gasteiger partial charge is 0.179 e. The van der Waals surface area contributed by atoms with Crippen LogP contribution in [0.5, 0.6) is 0 Å². The molecule has 334 valence electrons. The summed E-state index contributed by atoms with van der Waals surface area (Å²) >= 11 is 0. The lowest BCUT2D eigenvalue weighted by atomic mass is 9.80. The maximum absolute atomic E-state index is 6.79. The van der Waals surface area contributed by atoms with Gasteiger partial charge in [0.2, 0.25) is 0 Å². The summed E-state index contributed by atoms with van der Waals surface area (Å²) in [6, 6.07) is 95.0. The van der Waals surface area contributed by atoms with Crippen molar-refractivity contribution < 1.29 is 4.42 Å². The van der Waals surface area contributed by atoms with Gasteiger partial charge >= 0.3 is 0 Å². The van der Waals surface area contributed by atoms with Gasteiger partial charge in [-0.25, -0.2) is 0 Å². The predicted molar refractivity (Wildman–Crippen MR) is 304 cm³/mol. The van der Waals surface area contributed by atoms with Crippen molar-refractivity contribution in [3.63, 3.8) is 0 Å². The van der Waals surface area contributed by atoms with Crippen LogP contribution in [0.4, 0.5) is 0 Å². The average Bonchev–Trinajstić information content (AvgIpc) is 3.90. The van der Waals surface area contributed by atoms with Crippen LogP contribution in [0.2, 0.25) is 0 Å². The van der Waals surface area contributed by atoms with Crippen LogP contribution in [-0.2, 0) is 5.41 Å². The van der Waals surface area contributed by atoms with Crippen molar-refractivity contribution in [3.8, 4) is 44.5 Å². The maximum Gasteiger partial charge on any atom is 0.179 e. The van der Waals surface area contributed by atoms with Crippen LogP contribution in [0.1, 0.15) is 25.0 Å². The molecule has 1 aliphatic carbocycles. The van der Waals surface area contributed by atoms with E-state index in [-0.39, 0.29) is 5.41 Å². The molecule has 0 unspecified atom stereocenters. The zero-order valence-electron chi connectivity index (χ0n) is 39.7. The number of hydrogen-bond donors (Lipinski definition) is 0. The van der Waals surface area contributed by atoms with Crippen LogP contribution in [0, 0.1) is 0 Å². The Morgan fingerprint density at radius 2 is 0.775 bits per heavy atom. The first-order valence-electron chi connectivity index (χ1n) is 24.8. The van der Waals surface area contributed by atoms with Crippen LogP contribution in [-0.4, -0.2) is 8.07 Å². The Hall–Kier alpha value is -8.56. The summed E-state index contributed by atoms with van der Waals surface area (Å²) < 4.78 is 6.79. The van der Waals surface area contributed by atoms with Gasteiger partial charge in [0.15, 0.2) is 8.07 Å². The molecule has 0 saturated carbocycles. The minimum Gasteiger partial charge on any atom is -0.456 e. The van der Waals surface area contributed by atoms with Gasteiger partial charge in [-0.2, -0.15) is 0 Å². The first-order valence-corrected chi connectivity index (χ1v) is 26.8. The molecule has 0 amide bonds. The third-order valence-electron chi connectivity index (χ3n) is 15.8. The van der Waals surface area contributed by atoms with Gasteiger partial charge < -0.3 is 4.42 Å². The Morgan fingerprint density at radius 1 is 0.296 bits per heavy atom. The van der Waals surface area contributed by atoms with Gasteiger partial charge in [0.25, 0.3) is 0 Å². The number of fused-ring (bicyclic) bond motifs is 9. The van der Waals surface area contributed by atoms with Crippen molar-refractivity contribution in [2.45, 2.75) is 19.3 Å². The van der Waals surface area contributed by atoms with Crippen LogP contribution >= 0.6 is 0 Å². The first-order chi connectivity index (χ1) is 34.9. The van der Waals surface area contributed by atoms with Gasteiger partial charge in [-0.05, 0) is 151 Å². The van der Waals surface area contributed by atoms with E-state index in [0.717, 1.165) is 27.5 Å². The molecule has 1 aliphatic rings. The molecule has 12 aromatic carbocycles. The Kier molecular flexibility index (Phi) is 9.33. The molecule has 1 aromatic heterocycles. The fourth-order valence-corrected chi connectivity index (χ4v) is 17.2. The van der Waals surface area contributed by atoms with E-state index in [0.29, 0.717) is 0 Å². The third-order valence-corrected chi connectivity index (χ3v) is 20.5. The van der Waals surface area contributed by atoms with Crippen molar-refractivity contribution >= 4 is 83.1 Å². The third kappa shape index (κ3) is 6.31. The summed E-state index contributed by atoms with van der Waals surface area (Å²) in [6.07, 6.45) is 0. The molecule has 13 aromatic rings. The van der Waals surface area contributed by atoms with Crippen LogP contribution in [0.15, 0.2) is 259 Å². The number of benzene rings is 12. The lowest BCUT2D eigenvalue weighted by Crippen LogP contribution is -2.74. The van der Waals surface area contributed by atoms with Gasteiger partial charge in [-0.3, -0.25) is 0 Å². The highest BCUT2D eigenvalue weighted by atomic mass is 28.3. The largest absolute Gasteiger partial charge is 0.456 e. The molecule has 0 radical (unpaired) electrons. The zero-order valence-corrected chi connectivity index (χ0v) is 40.7. The molecule has 0 bridgehead atoms. The maximum atomic E-state index is 6.79. The Labute approximate surface area is 415 Å². The minimum atomic E-state index is -2.70. The van der Waals surface area contributed by atoms with Crippen molar-refractivity contribution in [1.29, 1.82) is 0 Å². The van der Waals surface area contributed by atoms with Crippen molar-refractivity contribution in [2.75, 3.05) is 0 Å². The molecule has 0 atom stereocenters.